The molecule has 0 saturated heterocycles. The van der Waals surface area contributed by atoms with Gasteiger partial charge in [0.2, 0.25) is 0 Å². The molecule has 0 unspecified atom stereocenters. The molecule has 106 valence electrons. The Morgan fingerprint density at radius 2 is 2.14 bits per heavy atom. The van der Waals surface area contributed by atoms with Crippen molar-refractivity contribution in [1.82, 2.24) is 4.90 Å². The molecule has 0 aliphatic carbocycles. The molecule has 0 aromatic heterocycles. The number of hydrogen-bond donors (Lipinski definition) is 1. The third-order valence-corrected chi connectivity index (χ3v) is 3.96. The maximum Gasteiger partial charge on any atom is 0.123 e. The number of fused-ring (bicyclic) bond motifs is 1. The van der Waals surface area contributed by atoms with Crippen LogP contribution in [0.5, 0.6) is 0 Å². The van der Waals surface area contributed by atoms with Crippen molar-refractivity contribution in [1.29, 1.82) is 5.26 Å². The lowest BCUT2D eigenvalue weighted by atomic mass is 9.97. The average molecular weight is 281 g/mol. The second-order valence-corrected chi connectivity index (χ2v) is 5.36. The van der Waals surface area contributed by atoms with Crippen molar-refractivity contribution >= 4 is 5.69 Å². The predicted octanol–water partition coefficient (Wildman–Crippen LogP) is 2.84. The fourth-order valence-corrected chi connectivity index (χ4v) is 2.88. The molecule has 0 radical (unpaired) electrons. The first-order chi connectivity index (χ1) is 10.2. The van der Waals surface area contributed by atoms with E-state index in [0.717, 1.165) is 30.8 Å². The van der Waals surface area contributed by atoms with Crippen molar-refractivity contribution in [3.63, 3.8) is 0 Å². The molecule has 3 rings (SSSR count). The first-order valence-corrected chi connectivity index (χ1v) is 6.94. The second kappa shape index (κ2) is 5.55. The first kappa shape index (κ1) is 13.6. The summed E-state index contributed by atoms with van der Waals surface area (Å²) in [7, 11) is 0. The molecule has 0 bridgehead atoms. The molecule has 2 aromatic rings. The van der Waals surface area contributed by atoms with Gasteiger partial charge in [-0.25, -0.2) is 4.39 Å². The number of anilines is 1. The van der Waals surface area contributed by atoms with Crippen LogP contribution in [0.4, 0.5) is 10.1 Å². The molecular weight excluding hydrogens is 265 g/mol. The number of nitrogen functional groups attached to an aromatic ring is 1. The monoisotopic (exact) mass is 281 g/mol. The van der Waals surface area contributed by atoms with Crippen LogP contribution in [0.2, 0.25) is 0 Å². The van der Waals surface area contributed by atoms with Crippen molar-refractivity contribution in [3.8, 4) is 6.07 Å². The van der Waals surface area contributed by atoms with Crippen molar-refractivity contribution in [2.75, 3.05) is 12.3 Å². The summed E-state index contributed by atoms with van der Waals surface area (Å²) in [4.78, 5) is 2.22. The predicted molar refractivity (Wildman–Crippen MR) is 79.8 cm³/mol. The zero-order valence-corrected chi connectivity index (χ0v) is 11.6. The highest BCUT2D eigenvalue weighted by Gasteiger charge is 2.19. The molecule has 1 heterocycles. The van der Waals surface area contributed by atoms with Gasteiger partial charge in [-0.3, -0.25) is 4.90 Å². The van der Waals surface area contributed by atoms with Crippen LogP contribution in [0.25, 0.3) is 0 Å². The summed E-state index contributed by atoms with van der Waals surface area (Å²) < 4.78 is 13.4. The Kier molecular flexibility index (Phi) is 3.59. The molecule has 2 N–H and O–H groups in total. The molecule has 1 aliphatic heterocycles. The minimum Gasteiger partial charge on any atom is -0.398 e. The molecule has 1 aliphatic rings. The molecule has 0 saturated carbocycles. The van der Waals surface area contributed by atoms with E-state index in [4.69, 9.17) is 11.0 Å². The van der Waals surface area contributed by atoms with Gasteiger partial charge in [0.15, 0.2) is 0 Å². The minimum atomic E-state index is -0.300. The van der Waals surface area contributed by atoms with Crippen molar-refractivity contribution in [3.05, 3.63) is 64.5 Å². The molecule has 0 fully saturated rings. The van der Waals surface area contributed by atoms with Gasteiger partial charge in [-0.15, -0.1) is 0 Å². The van der Waals surface area contributed by atoms with Crippen LogP contribution < -0.4 is 5.73 Å². The molecular formula is C17H16FN3. The summed E-state index contributed by atoms with van der Waals surface area (Å²) in [5, 5.41) is 9.13. The lowest BCUT2D eigenvalue weighted by Crippen LogP contribution is -2.30. The molecule has 0 amide bonds. The smallest absolute Gasteiger partial charge is 0.123 e. The van der Waals surface area contributed by atoms with E-state index in [1.807, 2.05) is 12.1 Å². The van der Waals surface area contributed by atoms with Gasteiger partial charge in [0, 0.05) is 25.3 Å². The lowest BCUT2D eigenvalue weighted by molar-refractivity contribution is 0.245. The molecule has 0 atom stereocenters. The van der Waals surface area contributed by atoms with Crippen LogP contribution in [0.3, 0.4) is 0 Å². The lowest BCUT2D eigenvalue weighted by Gasteiger charge is -2.29. The summed E-state index contributed by atoms with van der Waals surface area (Å²) in [5.41, 5.74) is 10.5. The molecule has 4 heteroatoms. The first-order valence-electron chi connectivity index (χ1n) is 6.94. The Labute approximate surface area is 123 Å². The van der Waals surface area contributed by atoms with Crippen LogP contribution in [-0.4, -0.2) is 11.4 Å². The molecule has 0 spiro atoms. The second-order valence-electron chi connectivity index (χ2n) is 5.36. The summed E-state index contributed by atoms with van der Waals surface area (Å²) in [6.45, 7) is 2.22. The van der Waals surface area contributed by atoms with Crippen LogP contribution in [0.15, 0.2) is 36.4 Å². The number of nitriles is 1. The van der Waals surface area contributed by atoms with E-state index in [2.05, 4.69) is 17.0 Å². The van der Waals surface area contributed by atoms with Gasteiger partial charge in [0.25, 0.3) is 0 Å². The number of hydrogen-bond acceptors (Lipinski definition) is 3. The van der Waals surface area contributed by atoms with Gasteiger partial charge in [-0.05, 0) is 47.4 Å². The number of benzene rings is 2. The summed E-state index contributed by atoms with van der Waals surface area (Å²) in [6.07, 6.45) is 0.888. The molecule has 3 nitrogen and oxygen atoms in total. The molecule has 21 heavy (non-hydrogen) atoms. The normalized spacial score (nSPS) is 14.5. The third-order valence-electron chi connectivity index (χ3n) is 3.96. The van der Waals surface area contributed by atoms with Crippen molar-refractivity contribution in [2.45, 2.75) is 19.5 Å². The van der Waals surface area contributed by atoms with Gasteiger partial charge < -0.3 is 5.73 Å². The highest BCUT2D eigenvalue weighted by atomic mass is 19.1. The van der Waals surface area contributed by atoms with E-state index in [0.29, 0.717) is 12.1 Å². The van der Waals surface area contributed by atoms with E-state index >= 15 is 0 Å². The van der Waals surface area contributed by atoms with E-state index < -0.39 is 0 Å². The Morgan fingerprint density at radius 1 is 1.29 bits per heavy atom. The highest BCUT2D eigenvalue weighted by Crippen LogP contribution is 2.25. The SMILES string of the molecule is N#Cc1ccc(F)cc1CN1CCc2c(N)cccc2C1. The zero-order chi connectivity index (χ0) is 14.8. The Hall–Kier alpha value is -2.38. The third kappa shape index (κ3) is 2.74. The number of rotatable bonds is 2. The fraction of sp³-hybridized carbons (Fsp3) is 0.235. The van der Waals surface area contributed by atoms with E-state index in [9.17, 15) is 4.39 Å². The van der Waals surface area contributed by atoms with Crippen LogP contribution in [0, 0.1) is 17.1 Å². The maximum atomic E-state index is 13.4. The quantitative estimate of drug-likeness (QED) is 0.861. The van der Waals surface area contributed by atoms with E-state index in [1.165, 1.54) is 23.3 Å². The Morgan fingerprint density at radius 3 is 2.95 bits per heavy atom. The molecule has 2 aromatic carbocycles. The number of nitrogens with zero attached hydrogens (tertiary/aromatic N) is 2. The van der Waals surface area contributed by atoms with Crippen LogP contribution >= 0.6 is 0 Å². The van der Waals surface area contributed by atoms with Gasteiger partial charge in [-0.2, -0.15) is 5.26 Å². The maximum absolute atomic E-state index is 13.4. The summed E-state index contributed by atoms with van der Waals surface area (Å²) >= 11 is 0. The van der Waals surface area contributed by atoms with Crippen molar-refractivity contribution in [2.24, 2.45) is 0 Å². The van der Waals surface area contributed by atoms with Gasteiger partial charge in [0.05, 0.1) is 11.6 Å². The zero-order valence-electron chi connectivity index (χ0n) is 11.6. The minimum absolute atomic E-state index is 0.300. The van der Waals surface area contributed by atoms with E-state index in [1.54, 1.807) is 6.07 Å². The highest BCUT2D eigenvalue weighted by molar-refractivity contribution is 5.52. The topological polar surface area (TPSA) is 53.0 Å². The van der Waals surface area contributed by atoms with Crippen LogP contribution in [-0.2, 0) is 19.5 Å². The largest absolute Gasteiger partial charge is 0.398 e. The van der Waals surface area contributed by atoms with E-state index in [-0.39, 0.29) is 5.82 Å². The van der Waals surface area contributed by atoms with Gasteiger partial charge in [-0.1, -0.05) is 12.1 Å². The van der Waals surface area contributed by atoms with Gasteiger partial charge in [0.1, 0.15) is 5.82 Å². The summed E-state index contributed by atoms with van der Waals surface area (Å²) in [5.74, 6) is -0.300. The summed E-state index contributed by atoms with van der Waals surface area (Å²) in [6, 6.07) is 12.4. The number of nitrogens with two attached hydrogens (primary N) is 1. The Balaban J connectivity index is 1.82. The fourth-order valence-electron chi connectivity index (χ4n) is 2.88. The average Bonchev–Trinajstić information content (AvgIpc) is 2.48. The van der Waals surface area contributed by atoms with Crippen LogP contribution in [0.1, 0.15) is 22.3 Å². The Bertz CT molecular complexity index is 718. The standard InChI is InChI=1S/C17H16FN3/c18-15-5-4-12(9-19)14(8-15)11-21-7-6-16-13(10-21)2-1-3-17(16)20/h1-5,8H,6-7,10-11,20H2. The van der Waals surface area contributed by atoms with Crippen molar-refractivity contribution < 1.29 is 4.39 Å². The van der Waals surface area contributed by atoms with Gasteiger partial charge >= 0.3 is 0 Å². The number of halogens is 1.